The number of aliphatic hydroxyl groups excluding tert-OH is 1. The van der Waals surface area contributed by atoms with E-state index in [4.69, 9.17) is 5.11 Å². The first-order chi connectivity index (χ1) is 6.79. The highest BCUT2D eigenvalue weighted by atomic mass is 16.3. The Morgan fingerprint density at radius 1 is 1.36 bits per heavy atom. The molecule has 0 radical (unpaired) electrons. The van der Waals surface area contributed by atoms with Crippen LogP contribution in [0.4, 0.5) is 0 Å². The van der Waals surface area contributed by atoms with E-state index < -0.39 is 0 Å². The van der Waals surface area contributed by atoms with Gasteiger partial charge in [-0.15, -0.1) is 0 Å². The van der Waals surface area contributed by atoms with Gasteiger partial charge in [0, 0.05) is 12.6 Å². The van der Waals surface area contributed by atoms with Crippen LogP contribution in [0.2, 0.25) is 0 Å². The Hall–Kier alpha value is -0.120. The van der Waals surface area contributed by atoms with E-state index in [0.29, 0.717) is 12.6 Å². The molecule has 2 saturated heterocycles. The van der Waals surface area contributed by atoms with Crippen molar-refractivity contribution in [1.82, 2.24) is 10.2 Å². The number of likely N-dealkylation sites (tertiary alicyclic amines) is 1. The van der Waals surface area contributed by atoms with Crippen LogP contribution in [0.3, 0.4) is 0 Å². The number of aliphatic hydroxyl groups is 1. The molecule has 0 amide bonds. The Bertz CT molecular complexity index is 186. The molecule has 14 heavy (non-hydrogen) atoms. The minimum Gasteiger partial charge on any atom is -0.395 e. The van der Waals surface area contributed by atoms with Gasteiger partial charge in [-0.3, -0.25) is 0 Å². The van der Waals surface area contributed by atoms with Crippen molar-refractivity contribution in [3.8, 4) is 0 Å². The lowest BCUT2D eigenvalue weighted by atomic mass is 9.81. The summed E-state index contributed by atoms with van der Waals surface area (Å²) in [7, 11) is 2.21. The van der Waals surface area contributed by atoms with Gasteiger partial charge in [-0.05, 0) is 51.2 Å². The van der Waals surface area contributed by atoms with Gasteiger partial charge in [0.05, 0.1) is 6.61 Å². The molecule has 0 aromatic carbocycles. The van der Waals surface area contributed by atoms with Crippen molar-refractivity contribution in [3.05, 3.63) is 0 Å². The molecule has 2 heterocycles. The molecular formula is C11H22N2O. The molecule has 2 rings (SSSR count). The molecule has 2 N–H and O–H groups in total. The van der Waals surface area contributed by atoms with Crippen LogP contribution in [0.15, 0.2) is 0 Å². The van der Waals surface area contributed by atoms with E-state index in [1.165, 1.54) is 32.4 Å². The second kappa shape index (κ2) is 4.60. The van der Waals surface area contributed by atoms with Crippen molar-refractivity contribution in [1.29, 1.82) is 0 Å². The summed E-state index contributed by atoms with van der Waals surface area (Å²) in [6, 6.07) is 0.361. The molecule has 0 spiro atoms. The third-order valence-electron chi connectivity index (χ3n) is 3.85. The molecule has 0 saturated carbocycles. The number of hydrogen-bond acceptors (Lipinski definition) is 3. The molecule has 0 bridgehead atoms. The summed E-state index contributed by atoms with van der Waals surface area (Å²) >= 11 is 0. The van der Waals surface area contributed by atoms with E-state index in [-0.39, 0.29) is 0 Å². The molecule has 82 valence electrons. The van der Waals surface area contributed by atoms with E-state index in [1.54, 1.807) is 0 Å². The number of nitrogens with zero attached hydrogens (tertiary/aromatic N) is 1. The van der Waals surface area contributed by atoms with Crippen molar-refractivity contribution in [3.63, 3.8) is 0 Å². The van der Waals surface area contributed by atoms with Gasteiger partial charge in [0.2, 0.25) is 0 Å². The molecule has 2 aliphatic rings. The first kappa shape index (κ1) is 10.4. The summed E-state index contributed by atoms with van der Waals surface area (Å²) in [6.45, 7) is 3.93. The highest BCUT2D eigenvalue weighted by Gasteiger charge is 2.31. The van der Waals surface area contributed by atoms with Crippen LogP contribution in [0.5, 0.6) is 0 Å². The maximum atomic E-state index is 9.13. The molecular weight excluding hydrogens is 176 g/mol. The van der Waals surface area contributed by atoms with Gasteiger partial charge in [0.1, 0.15) is 0 Å². The van der Waals surface area contributed by atoms with E-state index in [2.05, 4.69) is 17.3 Å². The Morgan fingerprint density at radius 2 is 2.21 bits per heavy atom. The fraction of sp³-hybridized carbons (Fsp3) is 1.00. The predicted molar refractivity (Wildman–Crippen MR) is 57.2 cm³/mol. The van der Waals surface area contributed by atoms with Crippen LogP contribution in [0.25, 0.3) is 0 Å². The van der Waals surface area contributed by atoms with E-state index >= 15 is 0 Å². The average molecular weight is 198 g/mol. The van der Waals surface area contributed by atoms with Crippen LogP contribution in [-0.4, -0.2) is 49.3 Å². The van der Waals surface area contributed by atoms with Crippen molar-refractivity contribution in [2.24, 2.45) is 11.8 Å². The summed E-state index contributed by atoms with van der Waals surface area (Å²) in [5.41, 5.74) is 0. The third kappa shape index (κ3) is 2.27. The zero-order chi connectivity index (χ0) is 9.97. The van der Waals surface area contributed by atoms with Crippen LogP contribution >= 0.6 is 0 Å². The largest absolute Gasteiger partial charge is 0.395 e. The number of hydrogen-bond donors (Lipinski definition) is 2. The summed E-state index contributed by atoms with van der Waals surface area (Å²) in [5.74, 6) is 1.73. The second-order valence-corrected chi connectivity index (χ2v) is 4.93. The maximum absolute atomic E-state index is 9.13. The normalized spacial score (nSPS) is 40.3. The third-order valence-corrected chi connectivity index (χ3v) is 3.85. The lowest BCUT2D eigenvalue weighted by molar-refractivity contribution is 0.162. The first-order valence-corrected chi connectivity index (χ1v) is 5.82. The maximum Gasteiger partial charge on any atom is 0.0584 e. The van der Waals surface area contributed by atoms with Crippen LogP contribution in [0.1, 0.15) is 19.3 Å². The summed E-state index contributed by atoms with van der Waals surface area (Å²) in [6.07, 6.45) is 3.84. The lowest BCUT2D eigenvalue weighted by Crippen LogP contribution is -2.42. The number of nitrogens with one attached hydrogen (secondary N) is 1. The molecule has 0 aliphatic carbocycles. The standard InChI is InChI=1S/C11H22N2O/c1-13-5-3-10(7-13)9-2-4-12-11(6-9)8-14/h9-12,14H,2-8H2,1H3. The average Bonchev–Trinajstić information content (AvgIpc) is 2.65. The summed E-state index contributed by atoms with van der Waals surface area (Å²) in [5, 5.41) is 12.5. The van der Waals surface area contributed by atoms with E-state index in [0.717, 1.165) is 18.4 Å². The zero-order valence-electron chi connectivity index (χ0n) is 9.08. The van der Waals surface area contributed by atoms with Gasteiger partial charge >= 0.3 is 0 Å². The van der Waals surface area contributed by atoms with Crippen molar-refractivity contribution >= 4 is 0 Å². The van der Waals surface area contributed by atoms with Gasteiger partial charge < -0.3 is 15.3 Å². The molecule has 2 fully saturated rings. The van der Waals surface area contributed by atoms with Crippen LogP contribution in [-0.2, 0) is 0 Å². The molecule has 0 aromatic rings. The molecule has 3 unspecified atom stereocenters. The zero-order valence-corrected chi connectivity index (χ0v) is 9.08. The molecule has 3 heteroatoms. The van der Waals surface area contributed by atoms with E-state index in [1.807, 2.05) is 0 Å². The fourth-order valence-electron chi connectivity index (χ4n) is 2.96. The first-order valence-electron chi connectivity index (χ1n) is 5.82. The highest BCUT2D eigenvalue weighted by Crippen LogP contribution is 2.30. The molecule has 3 atom stereocenters. The quantitative estimate of drug-likeness (QED) is 0.670. The number of rotatable bonds is 2. The van der Waals surface area contributed by atoms with Gasteiger partial charge in [-0.2, -0.15) is 0 Å². The Labute approximate surface area is 86.5 Å². The van der Waals surface area contributed by atoms with Gasteiger partial charge in [0.15, 0.2) is 0 Å². The minimum atomic E-state index is 0.305. The van der Waals surface area contributed by atoms with Gasteiger partial charge in [-0.1, -0.05) is 0 Å². The van der Waals surface area contributed by atoms with Crippen molar-refractivity contribution in [2.45, 2.75) is 25.3 Å². The molecule has 0 aromatic heterocycles. The van der Waals surface area contributed by atoms with Gasteiger partial charge in [0.25, 0.3) is 0 Å². The van der Waals surface area contributed by atoms with Crippen LogP contribution in [0, 0.1) is 11.8 Å². The van der Waals surface area contributed by atoms with Crippen molar-refractivity contribution in [2.75, 3.05) is 33.3 Å². The summed E-state index contributed by atoms with van der Waals surface area (Å²) in [4.78, 5) is 2.43. The Morgan fingerprint density at radius 3 is 2.86 bits per heavy atom. The SMILES string of the molecule is CN1CCC(C2CCNC(CO)C2)C1. The predicted octanol–water partition coefficient (Wildman–Crippen LogP) is 0.299. The van der Waals surface area contributed by atoms with Gasteiger partial charge in [-0.25, -0.2) is 0 Å². The van der Waals surface area contributed by atoms with Crippen molar-refractivity contribution < 1.29 is 5.11 Å². The Balaban J connectivity index is 1.84. The second-order valence-electron chi connectivity index (χ2n) is 4.93. The smallest absolute Gasteiger partial charge is 0.0584 e. The fourth-order valence-corrected chi connectivity index (χ4v) is 2.96. The minimum absolute atomic E-state index is 0.305. The number of piperidine rings is 1. The van der Waals surface area contributed by atoms with Crippen LogP contribution < -0.4 is 5.32 Å². The highest BCUT2D eigenvalue weighted by molar-refractivity contribution is 4.86. The topological polar surface area (TPSA) is 35.5 Å². The Kier molecular flexibility index (Phi) is 3.42. The lowest BCUT2D eigenvalue weighted by Gasteiger charge is -2.32. The summed E-state index contributed by atoms with van der Waals surface area (Å²) < 4.78 is 0. The molecule has 2 aliphatic heterocycles. The molecule has 3 nitrogen and oxygen atoms in total. The van der Waals surface area contributed by atoms with E-state index in [9.17, 15) is 0 Å². The monoisotopic (exact) mass is 198 g/mol.